The summed E-state index contributed by atoms with van der Waals surface area (Å²) in [6.45, 7) is 0. The Morgan fingerprint density at radius 2 is 0.375 bits per heavy atom. The first kappa shape index (κ1) is 34.4. The minimum atomic E-state index is 1.06. The Morgan fingerprint density at radius 1 is 0.161 bits per heavy atom. The van der Waals surface area contributed by atoms with E-state index in [9.17, 15) is 0 Å². The van der Waals surface area contributed by atoms with Crippen molar-refractivity contribution in [3.05, 3.63) is 243 Å². The maximum Gasteiger partial charge on any atom is 0.0482 e. The first-order valence-corrected chi connectivity index (χ1v) is 19.1. The van der Waals surface area contributed by atoms with Crippen molar-refractivity contribution in [3.8, 4) is 44.5 Å². The number of benzene rings is 9. The van der Waals surface area contributed by atoms with E-state index in [1.165, 1.54) is 44.5 Å². The molecule has 0 saturated heterocycles. The fraction of sp³-hybridized carbons (Fsp3) is 0. The van der Waals surface area contributed by atoms with Gasteiger partial charge < -0.3 is 9.80 Å². The molecule has 0 radical (unpaired) electrons. The lowest BCUT2D eigenvalue weighted by molar-refractivity contribution is 1.25. The number of rotatable bonds is 10. The molecule has 0 bridgehead atoms. The van der Waals surface area contributed by atoms with Crippen molar-refractivity contribution >= 4 is 34.1 Å². The molecule has 0 unspecified atom stereocenters. The van der Waals surface area contributed by atoms with Gasteiger partial charge in [0.05, 0.1) is 0 Å². The van der Waals surface area contributed by atoms with E-state index in [1.807, 2.05) is 0 Å². The molecule has 0 fully saturated rings. The second-order valence-electron chi connectivity index (χ2n) is 13.8. The Kier molecular flexibility index (Phi) is 9.75. The number of nitrogens with zero attached hydrogens (tertiary/aromatic N) is 2. The quantitative estimate of drug-likeness (QED) is 0.139. The van der Waals surface area contributed by atoms with Crippen molar-refractivity contribution < 1.29 is 0 Å². The van der Waals surface area contributed by atoms with E-state index in [-0.39, 0.29) is 0 Å². The lowest BCUT2D eigenvalue weighted by atomic mass is 10.0. The van der Waals surface area contributed by atoms with E-state index < -0.39 is 0 Å². The highest BCUT2D eigenvalue weighted by atomic mass is 15.2. The first-order valence-electron chi connectivity index (χ1n) is 19.1. The third-order valence-corrected chi connectivity index (χ3v) is 10.3. The van der Waals surface area contributed by atoms with Gasteiger partial charge in [-0.15, -0.1) is 0 Å². The molecule has 0 aliphatic carbocycles. The summed E-state index contributed by atoms with van der Waals surface area (Å²) < 4.78 is 0. The molecule has 9 aromatic rings. The second-order valence-corrected chi connectivity index (χ2v) is 13.8. The third kappa shape index (κ3) is 7.37. The molecule has 0 saturated carbocycles. The summed E-state index contributed by atoms with van der Waals surface area (Å²) in [5.41, 5.74) is 16.0. The molecule has 2 nitrogen and oxygen atoms in total. The summed E-state index contributed by atoms with van der Waals surface area (Å²) in [5.74, 6) is 0. The van der Waals surface area contributed by atoms with Gasteiger partial charge in [0.1, 0.15) is 0 Å². The Labute approximate surface area is 329 Å². The smallest absolute Gasteiger partial charge is 0.0482 e. The summed E-state index contributed by atoms with van der Waals surface area (Å²) in [6, 6.07) is 86.6. The van der Waals surface area contributed by atoms with Gasteiger partial charge in [-0.05, 0) is 111 Å². The average molecular weight is 717 g/mol. The van der Waals surface area contributed by atoms with Gasteiger partial charge in [0, 0.05) is 34.1 Å². The van der Waals surface area contributed by atoms with Crippen LogP contribution >= 0.6 is 0 Å². The standard InChI is InChI=1S/C54H40N2/c1-5-14-41(15-6-1)45-24-32-49(33-25-45)55(50-34-26-46(27-35-50)42-16-7-2-8-17-42)53-22-13-23-54(40-53)56(51-36-28-47(29-37-51)43-18-9-3-10-19-43)52-38-30-48(31-39-52)44-20-11-4-12-21-44/h1-40H. The lowest BCUT2D eigenvalue weighted by Crippen LogP contribution is -2.13. The van der Waals surface area contributed by atoms with Crippen LogP contribution in [0.5, 0.6) is 0 Å². The first-order chi connectivity index (χ1) is 27.8. The van der Waals surface area contributed by atoms with Crippen LogP contribution in [-0.2, 0) is 0 Å². The molecule has 56 heavy (non-hydrogen) atoms. The molecule has 266 valence electrons. The van der Waals surface area contributed by atoms with Gasteiger partial charge in [-0.1, -0.05) is 176 Å². The zero-order chi connectivity index (χ0) is 37.5. The summed E-state index contributed by atoms with van der Waals surface area (Å²) in [7, 11) is 0. The Balaban J connectivity index is 1.14. The molecule has 9 aromatic carbocycles. The molecule has 0 spiro atoms. The van der Waals surface area contributed by atoms with E-state index >= 15 is 0 Å². The number of anilines is 6. The van der Waals surface area contributed by atoms with Crippen molar-refractivity contribution in [1.82, 2.24) is 0 Å². The molecule has 0 amide bonds. The zero-order valence-corrected chi connectivity index (χ0v) is 31.0. The summed E-state index contributed by atoms with van der Waals surface area (Å²) in [4.78, 5) is 4.70. The van der Waals surface area contributed by atoms with Crippen LogP contribution < -0.4 is 9.80 Å². The third-order valence-electron chi connectivity index (χ3n) is 10.3. The fourth-order valence-electron chi connectivity index (χ4n) is 7.40. The molecule has 0 N–H and O–H groups in total. The monoisotopic (exact) mass is 716 g/mol. The maximum absolute atomic E-state index is 2.35. The zero-order valence-electron chi connectivity index (χ0n) is 31.0. The fourth-order valence-corrected chi connectivity index (χ4v) is 7.40. The van der Waals surface area contributed by atoms with Crippen molar-refractivity contribution in [2.45, 2.75) is 0 Å². The summed E-state index contributed by atoms with van der Waals surface area (Å²) >= 11 is 0. The summed E-state index contributed by atoms with van der Waals surface area (Å²) in [5, 5.41) is 0. The number of hydrogen-bond donors (Lipinski definition) is 0. The van der Waals surface area contributed by atoms with Gasteiger partial charge in [0.2, 0.25) is 0 Å². The van der Waals surface area contributed by atoms with Crippen LogP contribution in [0, 0.1) is 0 Å². The minimum absolute atomic E-state index is 1.06. The van der Waals surface area contributed by atoms with Crippen LogP contribution in [0.4, 0.5) is 34.1 Å². The highest BCUT2D eigenvalue weighted by molar-refractivity contribution is 5.85. The van der Waals surface area contributed by atoms with Crippen LogP contribution in [0.25, 0.3) is 44.5 Å². The largest absolute Gasteiger partial charge is 0.310 e. The van der Waals surface area contributed by atoms with Gasteiger partial charge in [-0.2, -0.15) is 0 Å². The van der Waals surface area contributed by atoms with Crippen molar-refractivity contribution in [2.24, 2.45) is 0 Å². The van der Waals surface area contributed by atoms with Crippen LogP contribution in [0.2, 0.25) is 0 Å². The molecule has 0 aromatic heterocycles. The van der Waals surface area contributed by atoms with Crippen molar-refractivity contribution in [1.29, 1.82) is 0 Å². The average Bonchev–Trinajstić information content (AvgIpc) is 3.29. The molecule has 0 heterocycles. The van der Waals surface area contributed by atoms with Crippen LogP contribution in [0.3, 0.4) is 0 Å². The lowest BCUT2D eigenvalue weighted by Gasteiger charge is -2.30. The highest BCUT2D eigenvalue weighted by Gasteiger charge is 2.18. The van der Waals surface area contributed by atoms with Crippen LogP contribution in [0.15, 0.2) is 243 Å². The van der Waals surface area contributed by atoms with Gasteiger partial charge in [0.25, 0.3) is 0 Å². The van der Waals surface area contributed by atoms with Gasteiger partial charge in [-0.25, -0.2) is 0 Å². The van der Waals surface area contributed by atoms with Gasteiger partial charge in [0.15, 0.2) is 0 Å². The normalized spacial score (nSPS) is 10.9. The van der Waals surface area contributed by atoms with Crippen molar-refractivity contribution in [3.63, 3.8) is 0 Å². The van der Waals surface area contributed by atoms with E-state index in [0.29, 0.717) is 0 Å². The van der Waals surface area contributed by atoms with Crippen LogP contribution in [0.1, 0.15) is 0 Å². The van der Waals surface area contributed by atoms with E-state index in [4.69, 9.17) is 0 Å². The van der Waals surface area contributed by atoms with E-state index in [0.717, 1.165) is 34.1 Å². The molecule has 9 rings (SSSR count). The Hall–Kier alpha value is -7.42. The van der Waals surface area contributed by atoms with Crippen LogP contribution in [-0.4, -0.2) is 0 Å². The topological polar surface area (TPSA) is 6.48 Å². The number of hydrogen-bond acceptors (Lipinski definition) is 2. The van der Waals surface area contributed by atoms with Gasteiger partial charge in [-0.3, -0.25) is 0 Å². The molecule has 0 aliphatic heterocycles. The molecular formula is C54H40N2. The Morgan fingerprint density at radius 3 is 0.607 bits per heavy atom. The minimum Gasteiger partial charge on any atom is -0.310 e. The predicted octanol–water partition coefficient (Wildman–Crippen LogP) is 15.3. The molecular weight excluding hydrogens is 677 g/mol. The molecule has 2 heteroatoms. The Bertz CT molecular complexity index is 2270. The SMILES string of the molecule is c1ccc(-c2ccc(N(c3ccc(-c4ccccc4)cc3)c3cccc(N(c4ccc(-c5ccccc5)cc4)c4ccc(-c5ccccc5)cc4)c3)cc2)cc1. The maximum atomic E-state index is 2.35. The molecule has 0 atom stereocenters. The second kappa shape index (κ2) is 15.9. The van der Waals surface area contributed by atoms with Gasteiger partial charge >= 0.3 is 0 Å². The predicted molar refractivity (Wildman–Crippen MR) is 238 cm³/mol. The highest BCUT2D eigenvalue weighted by Crippen LogP contribution is 2.42. The van der Waals surface area contributed by atoms with E-state index in [1.54, 1.807) is 0 Å². The van der Waals surface area contributed by atoms with Crippen molar-refractivity contribution in [2.75, 3.05) is 9.80 Å². The summed E-state index contributed by atoms with van der Waals surface area (Å²) in [6.07, 6.45) is 0. The van der Waals surface area contributed by atoms with E-state index in [2.05, 4.69) is 252 Å². The molecule has 0 aliphatic rings.